The standard InChI is InChI=1S/C23H28F3N5O2/c1-11(2)31-18(7-15(29-31)12-5-17(33-22(25)26)21(27)28-8-12)23-14-6-16(20(23)19(14)23)30-3-4-32-10-13(24)9-30/h5,7-8,11,13-14,16,19-20,22H,3-4,6,9-10H2,1-2H3,(H2,27,28)/t13?,14-,16?,19-,20?,23?/m1/s1. The first-order valence-electron chi connectivity index (χ1n) is 11.6. The molecule has 5 fully saturated rings. The van der Waals surface area contributed by atoms with E-state index in [0.29, 0.717) is 48.2 Å². The van der Waals surface area contributed by atoms with Crippen LogP contribution in [-0.4, -0.2) is 64.8 Å². The SMILES string of the molecule is CC(C)n1nc(-c2cnc(N)c(OC(F)F)c2)cc1C12C3C(N4CCOCC(F)C4)C[C@@H]1[C@H]32. The molecular weight excluding hydrogens is 435 g/mol. The van der Waals surface area contributed by atoms with Crippen molar-refractivity contribution >= 4 is 5.82 Å². The van der Waals surface area contributed by atoms with Gasteiger partial charge in [-0.2, -0.15) is 13.9 Å². The Morgan fingerprint density at radius 3 is 2.82 bits per heavy atom. The van der Waals surface area contributed by atoms with Gasteiger partial charge in [0.15, 0.2) is 11.6 Å². The lowest BCUT2D eigenvalue weighted by Gasteiger charge is -2.28. The fraction of sp³-hybridized carbons (Fsp3) is 0.652. The Bertz CT molecular complexity index is 1070. The monoisotopic (exact) mass is 463 g/mol. The van der Waals surface area contributed by atoms with Crippen LogP contribution in [-0.2, 0) is 10.2 Å². The fourth-order valence-corrected chi connectivity index (χ4v) is 6.70. The highest BCUT2D eigenvalue weighted by Gasteiger charge is 2.93. The van der Waals surface area contributed by atoms with E-state index < -0.39 is 12.8 Å². The first kappa shape index (κ1) is 21.2. The number of ether oxygens (including phenoxy) is 2. The number of fused-ring (bicyclic) bond motifs is 1. The highest BCUT2D eigenvalue weighted by atomic mass is 19.3. The lowest BCUT2D eigenvalue weighted by atomic mass is 9.99. The van der Waals surface area contributed by atoms with Crippen LogP contribution in [0.5, 0.6) is 5.75 Å². The Morgan fingerprint density at radius 2 is 2.09 bits per heavy atom. The zero-order chi connectivity index (χ0) is 23.1. The molecule has 178 valence electrons. The smallest absolute Gasteiger partial charge is 0.387 e. The molecule has 1 aliphatic heterocycles. The molecule has 2 N–H and O–H groups in total. The van der Waals surface area contributed by atoms with Gasteiger partial charge < -0.3 is 15.2 Å². The molecule has 0 aromatic carbocycles. The molecule has 2 aromatic rings. The third kappa shape index (κ3) is 3.10. The van der Waals surface area contributed by atoms with Crippen molar-refractivity contribution in [1.82, 2.24) is 19.7 Å². The Hall–Kier alpha value is -2.33. The Balaban J connectivity index is 1.30. The summed E-state index contributed by atoms with van der Waals surface area (Å²) >= 11 is 0. The van der Waals surface area contributed by atoms with E-state index in [4.69, 9.17) is 15.6 Å². The lowest BCUT2D eigenvalue weighted by Crippen LogP contribution is -2.40. The minimum absolute atomic E-state index is 0.0842. The number of nitrogens with two attached hydrogens (primary N) is 1. The van der Waals surface area contributed by atoms with E-state index in [-0.39, 0.29) is 29.6 Å². The van der Waals surface area contributed by atoms with Crippen LogP contribution >= 0.6 is 0 Å². The number of hydrogen-bond acceptors (Lipinski definition) is 6. The summed E-state index contributed by atoms with van der Waals surface area (Å²) in [7, 11) is 0. The molecule has 2 aromatic heterocycles. The van der Waals surface area contributed by atoms with Crippen LogP contribution in [0.25, 0.3) is 11.3 Å². The minimum Gasteiger partial charge on any atom is -0.431 e. The van der Waals surface area contributed by atoms with Crippen LogP contribution in [0.2, 0.25) is 0 Å². The molecule has 1 saturated heterocycles. The first-order chi connectivity index (χ1) is 15.8. The van der Waals surface area contributed by atoms with Gasteiger partial charge in [0.05, 0.1) is 18.9 Å². The molecule has 3 heterocycles. The second-order valence-electron chi connectivity index (χ2n) is 10.0. The molecule has 7 rings (SSSR count). The number of alkyl halides is 3. The van der Waals surface area contributed by atoms with E-state index in [1.807, 2.05) is 0 Å². The normalized spacial score (nSPS) is 35.1. The van der Waals surface area contributed by atoms with E-state index in [1.165, 1.54) is 18.0 Å². The summed E-state index contributed by atoms with van der Waals surface area (Å²) in [6.45, 7) is 3.16. The molecule has 33 heavy (non-hydrogen) atoms. The second kappa shape index (κ2) is 7.33. The first-order valence-corrected chi connectivity index (χ1v) is 11.6. The van der Waals surface area contributed by atoms with Gasteiger partial charge in [-0.05, 0) is 50.2 Å². The quantitative estimate of drug-likeness (QED) is 0.709. The molecule has 4 saturated carbocycles. The van der Waals surface area contributed by atoms with Crippen molar-refractivity contribution in [3.05, 3.63) is 24.0 Å². The van der Waals surface area contributed by atoms with Gasteiger partial charge in [0, 0.05) is 48.0 Å². The zero-order valence-corrected chi connectivity index (χ0v) is 18.6. The van der Waals surface area contributed by atoms with Crippen LogP contribution in [0, 0.1) is 17.8 Å². The highest BCUT2D eigenvalue weighted by Crippen LogP contribution is 2.91. The van der Waals surface area contributed by atoms with Crippen LogP contribution in [0.3, 0.4) is 0 Å². The summed E-state index contributed by atoms with van der Waals surface area (Å²) in [5.74, 6) is 1.49. The van der Waals surface area contributed by atoms with Gasteiger partial charge >= 0.3 is 6.61 Å². The number of halogens is 3. The molecule has 0 radical (unpaired) electrons. The maximum Gasteiger partial charge on any atom is 0.387 e. The molecule has 10 heteroatoms. The lowest BCUT2D eigenvalue weighted by molar-refractivity contribution is -0.0494. The van der Waals surface area contributed by atoms with E-state index in [1.54, 1.807) is 0 Å². The molecule has 2 bridgehead atoms. The molecule has 0 amide bonds. The number of rotatable bonds is 6. The Morgan fingerprint density at radius 1 is 1.27 bits per heavy atom. The van der Waals surface area contributed by atoms with Gasteiger partial charge in [-0.3, -0.25) is 9.58 Å². The fourth-order valence-electron chi connectivity index (χ4n) is 6.70. The van der Waals surface area contributed by atoms with Crippen molar-refractivity contribution in [2.24, 2.45) is 17.8 Å². The van der Waals surface area contributed by atoms with Crippen molar-refractivity contribution in [3.8, 4) is 17.0 Å². The minimum atomic E-state index is -2.98. The average Bonchev–Trinajstić information content (AvgIpc) is 3.37. The third-order valence-corrected chi connectivity index (χ3v) is 8.01. The summed E-state index contributed by atoms with van der Waals surface area (Å²) in [4.78, 5) is 6.32. The summed E-state index contributed by atoms with van der Waals surface area (Å²) in [5.41, 5.74) is 8.24. The van der Waals surface area contributed by atoms with E-state index in [0.717, 1.165) is 13.0 Å². The van der Waals surface area contributed by atoms with Gasteiger partial charge in [-0.15, -0.1) is 0 Å². The van der Waals surface area contributed by atoms with Crippen molar-refractivity contribution in [1.29, 1.82) is 0 Å². The number of pyridine rings is 1. The predicted octanol–water partition coefficient (Wildman–Crippen LogP) is 3.27. The highest BCUT2D eigenvalue weighted by molar-refractivity contribution is 5.66. The van der Waals surface area contributed by atoms with Crippen molar-refractivity contribution in [2.75, 3.05) is 32.0 Å². The van der Waals surface area contributed by atoms with Crippen LogP contribution in [0.15, 0.2) is 18.3 Å². The van der Waals surface area contributed by atoms with Crippen molar-refractivity contribution in [2.45, 2.75) is 50.6 Å². The maximum absolute atomic E-state index is 14.2. The number of hydrogen-bond donors (Lipinski definition) is 1. The molecule has 5 aliphatic rings. The van der Waals surface area contributed by atoms with Crippen molar-refractivity contribution in [3.63, 3.8) is 0 Å². The van der Waals surface area contributed by atoms with E-state index in [9.17, 15) is 13.2 Å². The topological polar surface area (TPSA) is 78.4 Å². The Labute approximate surface area is 190 Å². The van der Waals surface area contributed by atoms with Gasteiger partial charge in [-0.25, -0.2) is 9.37 Å². The second-order valence-corrected chi connectivity index (χ2v) is 10.0. The summed E-state index contributed by atoms with van der Waals surface area (Å²) in [6.07, 6.45) is 1.68. The molecule has 4 unspecified atom stereocenters. The number of aromatic nitrogens is 3. The van der Waals surface area contributed by atoms with Crippen LogP contribution in [0.1, 0.15) is 32.0 Å². The van der Waals surface area contributed by atoms with E-state index in [2.05, 4.69) is 39.2 Å². The largest absolute Gasteiger partial charge is 0.431 e. The summed E-state index contributed by atoms with van der Waals surface area (Å²) in [5, 5.41) is 4.82. The van der Waals surface area contributed by atoms with Gasteiger partial charge in [0.2, 0.25) is 0 Å². The number of nitrogens with zero attached hydrogens (tertiary/aromatic N) is 4. The van der Waals surface area contributed by atoms with Crippen LogP contribution in [0.4, 0.5) is 19.0 Å². The number of anilines is 1. The molecule has 4 aliphatic carbocycles. The molecule has 7 nitrogen and oxygen atoms in total. The molecular formula is C23H28F3N5O2. The summed E-state index contributed by atoms with van der Waals surface area (Å²) in [6, 6.07) is 4.06. The summed E-state index contributed by atoms with van der Waals surface area (Å²) < 4.78 is 51.6. The third-order valence-electron chi connectivity index (χ3n) is 8.01. The maximum atomic E-state index is 14.2. The van der Waals surface area contributed by atoms with Gasteiger partial charge in [0.25, 0.3) is 0 Å². The zero-order valence-electron chi connectivity index (χ0n) is 18.6. The number of nitrogen functional groups attached to an aromatic ring is 1. The average molecular weight is 464 g/mol. The van der Waals surface area contributed by atoms with Gasteiger partial charge in [0.1, 0.15) is 6.17 Å². The predicted molar refractivity (Wildman–Crippen MR) is 115 cm³/mol. The molecule has 0 spiro atoms. The van der Waals surface area contributed by atoms with E-state index >= 15 is 0 Å². The van der Waals surface area contributed by atoms with Crippen molar-refractivity contribution < 1.29 is 22.6 Å². The van der Waals surface area contributed by atoms with Crippen LogP contribution < -0.4 is 10.5 Å². The van der Waals surface area contributed by atoms with Gasteiger partial charge in [-0.1, -0.05) is 0 Å². The Kier molecular flexibility index (Phi) is 4.72. The molecule has 6 atom stereocenters.